The maximum absolute atomic E-state index is 11.8. The fourth-order valence-corrected chi connectivity index (χ4v) is 2.43. The van der Waals surface area contributed by atoms with Crippen molar-refractivity contribution in [3.8, 4) is 0 Å². The van der Waals surface area contributed by atoms with Crippen LogP contribution in [0.25, 0.3) is 0 Å². The standard InChI is InChI=1S/C13H18BrN3O/c1-13(5-6-15-9-13)16-8-12(18)17-11-4-2-3-10(14)7-11/h2-4,7,15-16H,5-6,8-9H2,1H3,(H,17,18). The fraction of sp³-hybridized carbons (Fsp3) is 0.462. The molecule has 0 radical (unpaired) electrons. The molecule has 0 aliphatic carbocycles. The lowest BCUT2D eigenvalue weighted by Crippen LogP contribution is -2.47. The van der Waals surface area contributed by atoms with Crippen molar-refractivity contribution in [1.29, 1.82) is 0 Å². The number of rotatable bonds is 4. The van der Waals surface area contributed by atoms with Crippen molar-refractivity contribution < 1.29 is 4.79 Å². The second-order valence-electron chi connectivity index (χ2n) is 4.90. The molecule has 98 valence electrons. The molecule has 1 aliphatic rings. The van der Waals surface area contributed by atoms with Crippen LogP contribution in [0.3, 0.4) is 0 Å². The Morgan fingerprint density at radius 1 is 1.56 bits per heavy atom. The van der Waals surface area contributed by atoms with E-state index in [9.17, 15) is 4.79 Å². The number of amides is 1. The van der Waals surface area contributed by atoms with Crippen molar-refractivity contribution in [3.05, 3.63) is 28.7 Å². The Bertz CT molecular complexity index is 430. The molecule has 0 bridgehead atoms. The molecule has 1 aromatic rings. The van der Waals surface area contributed by atoms with Crippen LogP contribution in [0.2, 0.25) is 0 Å². The SMILES string of the molecule is CC1(NCC(=O)Nc2cccc(Br)c2)CCNC1. The van der Waals surface area contributed by atoms with E-state index in [1.165, 1.54) is 0 Å². The zero-order valence-corrected chi connectivity index (χ0v) is 12.0. The lowest BCUT2D eigenvalue weighted by molar-refractivity contribution is -0.115. The largest absolute Gasteiger partial charge is 0.325 e. The minimum atomic E-state index is -0.0128. The lowest BCUT2D eigenvalue weighted by atomic mass is 10.0. The summed E-state index contributed by atoms with van der Waals surface area (Å²) in [5.41, 5.74) is 0.847. The van der Waals surface area contributed by atoms with Gasteiger partial charge in [-0.1, -0.05) is 22.0 Å². The summed E-state index contributed by atoms with van der Waals surface area (Å²) in [5, 5.41) is 9.47. The number of carbonyl (C=O) groups is 1. The number of carbonyl (C=O) groups excluding carboxylic acids is 1. The van der Waals surface area contributed by atoms with Crippen LogP contribution in [-0.4, -0.2) is 31.1 Å². The van der Waals surface area contributed by atoms with Crippen molar-refractivity contribution in [2.24, 2.45) is 0 Å². The van der Waals surface area contributed by atoms with Crippen molar-refractivity contribution in [2.45, 2.75) is 18.9 Å². The quantitative estimate of drug-likeness (QED) is 0.794. The third kappa shape index (κ3) is 3.80. The normalized spacial score (nSPS) is 23.0. The predicted molar refractivity (Wildman–Crippen MR) is 76.7 cm³/mol. The summed E-state index contributed by atoms with van der Waals surface area (Å²) in [6, 6.07) is 7.59. The first-order valence-corrected chi connectivity index (χ1v) is 6.88. The van der Waals surface area contributed by atoms with Gasteiger partial charge in [0.15, 0.2) is 0 Å². The van der Waals surface area contributed by atoms with Gasteiger partial charge in [0.2, 0.25) is 5.91 Å². The van der Waals surface area contributed by atoms with Crippen molar-refractivity contribution in [2.75, 3.05) is 25.0 Å². The highest BCUT2D eigenvalue weighted by Gasteiger charge is 2.28. The van der Waals surface area contributed by atoms with Gasteiger partial charge in [-0.25, -0.2) is 0 Å². The van der Waals surface area contributed by atoms with Crippen LogP contribution in [0.4, 0.5) is 5.69 Å². The molecule has 0 aromatic heterocycles. The van der Waals surface area contributed by atoms with Gasteiger partial charge in [0.25, 0.3) is 0 Å². The monoisotopic (exact) mass is 311 g/mol. The Morgan fingerprint density at radius 3 is 3.06 bits per heavy atom. The van der Waals surface area contributed by atoms with Gasteiger partial charge in [-0.15, -0.1) is 0 Å². The van der Waals surface area contributed by atoms with Gasteiger partial charge >= 0.3 is 0 Å². The summed E-state index contributed by atoms with van der Waals surface area (Å²) < 4.78 is 0.959. The van der Waals surface area contributed by atoms with E-state index < -0.39 is 0 Å². The predicted octanol–water partition coefficient (Wildman–Crippen LogP) is 1.73. The number of hydrogen-bond acceptors (Lipinski definition) is 3. The second kappa shape index (κ2) is 5.82. The van der Waals surface area contributed by atoms with E-state index in [0.29, 0.717) is 6.54 Å². The Hall–Kier alpha value is -0.910. The molecule has 1 saturated heterocycles. The van der Waals surface area contributed by atoms with Crippen LogP contribution in [0.15, 0.2) is 28.7 Å². The van der Waals surface area contributed by atoms with E-state index in [1.54, 1.807) is 0 Å². The first-order valence-electron chi connectivity index (χ1n) is 6.09. The van der Waals surface area contributed by atoms with E-state index in [4.69, 9.17) is 0 Å². The molecule has 0 saturated carbocycles. The van der Waals surface area contributed by atoms with Gasteiger partial charge in [0, 0.05) is 22.2 Å². The van der Waals surface area contributed by atoms with E-state index in [1.807, 2.05) is 24.3 Å². The van der Waals surface area contributed by atoms with Gasteiger partial charge in [-0.2, -0.15) is 0 Å². The molecule has 1 atom stereocenters. The van der Waals surface area contributed by atoms with Gasteiger partial charge in [0.05, 0.1) is 6.54 Å². The molecule has 2 rings (SSSR count). The molecule has 1 heterocycles. The van der Waals surface area contributed by atoms with Crippen LogP contribution in [0.1, 0.15) is 13.3 Å². The van der Waals surface area contributed by atoms with E-state index in [2.05, 4.69) is 38.8 Å². The smallest absolute Gasteiger partial charge is 0.238 e. The molecule has 1 aliphatic heterocycles. The second-order valence-corrected chi connectivity index (χ2v) is 5.82. The summed E-state index contributed by atoms with van der Waals surface area (Å²) in [5.74, 6) is -0.0128. The van der Waals surface area contributed by atoms with Crippen LogP contribution >= 0.6 is 15.9 Å². The maximum Gasteiger partial charge on any atom is 0.238 e. The molecule has 3 N–H and O–H groups in total. The number of nitrogens with one attached hydrogen (secondary N) is 3. The Morgan fingerprint density at radius 2 is 2.39 bits per heavy atom. The van der Waals surface area contributed by atoms with Gasteiger partial charge in [-0.05, 0) is 38.1 Å². The third-order valence-corrected chi connectivity index (χ3v) is 3.65. The van der Waals surface area contributed by atoms with Crippen LogP contribution in [0.5, 0.6) is 0 Å². The van der Waals surface area contributed by atoms with Crippen LogP contribution in [0, 0.1) is 0 Å². The molecular formula is C13H18BrN3O. The lowest BCUT2D eigenvalue weighted by Gasteiger charge is -2.24. The average Bonchev–Trinajstić information content (AvgIpc) is 2.74. The number of anilines is 1. The minimum Gasteiger partial charge on any atom is -0.325 e. The zero-order valence-electron chi connectivity index (χ0n) is 10.4. The molecular weight excluding hydrogens is 294 g/mol. The highest BCUT2D eigenvalue weighted by molar-refractivity contribution is 9.10. The number of benzene rings is 1. The summed E-state index contributed by atoms with van der Waals surface area (Å²) in [6.07, 6.45) is 1.05. The van der Waals surface area contributed by atoms with Crippen LogP contribution in [-0.2, 0) is 4.79 Å². The Balaban J connectivity index is 1.82. The Kier molecular flexibility index (Phi) is 4.37. The first kappa shape index (κ1) is 13.5. The van der Waals surface area contributed by atoms with Gasteiger partial charge in [-0.3, -0.25) is 4.79 Å². The maximum atomic E-state index is 11.8. The highest BCUT2D eigenvalue weighted by Crippen LogP contribution is 2.16. The Labute approximate surface area is 116 Å². The van der Waals surface area contributed by atoms with E-state index >= 15 is 0 Å². The van der Waals surface area contributed by atoms with Gasteiger partial charge < -0.3 is 16.0 Å². The van der Waals surface area contributed by atoms with Crippen molar-refractivity contribution in [1.82, 2.24) is 10.6 Å². The number of hydrogen-bond donors (Lipinski definition) is 3. The molecule has 18 heavy (non-hydrogen) atoms. The van der Waals surface area contributed by atoms with Gasteiger partial charge in [0.1, 0.15) is 0 Å². The minimum absolute atomic E-state index is 0.0128. The molecule has 1 amide bonds. The third-order valence-electron chi connectivity index (χ3n) is 3.15. The fourth-order valence-electron chi connectivity index (χ4n) is 2.03. The summed E-state index contributed by atoms with van der Waals surface area (Å²) >= 11 is 3.38. The van der Waals surface area contributed by atoms with E-state index in [-0.39, 0.29) is 11.4 Å². The topological polar surface area (TPSA) is 53.2 Å². The summed E-state index contributed by atoms with van der Waals surface area (Å²) in [4.78, 5) is 11.8. The first-order chi connectivity index (χ1) is 8.57. The highest BCUT2D eigenvalue weighted by atomic mass is 79.9. The average molecular weight is 312 g/mol. The molecule has 1 unspecified atom stereocenters. The van der Waals surface area contributed by atoms with E-state index in [0.717, 1.165) is 29.7 Å². The number of halogens is 1. The van der Waals surface area contributed by atoms with Crippen LogP contribution < -0.4 is 16.0 Å². The molecule has 4 nitrogen and oxygen atoms in total. The molecule has 5 heteroatoms. The molecule has 0 spiro atoms. The molecule has 1 aromatic carbocycles. The molecule has 1 fully saturated rings. The summed E-state index contributed by atoms with van der Waals surface area (Å²) in [6.45, 7) is 4.40. The zero-order chi connectivity index (χ0) is 13.0. The van der Waals surface area contributed by atoms with Crippen molar-refractivity contribution >= 4 is 27.5 Å². The summed E-state index contributed by atoms with van der Waals surface area (Å²) in [7, 11) is 0. The van der Waals surface area contributed by atoms with Crippen molar-refractivity contribution in [3.63, 3.8) is 0 Å².